The third kappa shape index (κ3) is 4.60. The number of carbonyl (C=O) groups is 1. The molecule has 0 bridgehead atoms. The van der Waals surface area contributed by atoms with Crippen LogP contribution in [0.4, 0.5) is 26.3 Å². The topological polar surface area (TPSA) is 64.4 Å². The van der Waals surface area contributed by atoms with Gasteiger partial charge in [-0.15, -0.1) is 0 Å². The van der Waals surface area contributed by atoms with Gasteiger partial charge in [0.15, 0.2) is 5.69 Å². The molecule has 0 aliphatic carbocycles. The molecule has 1 aromatic carbocycles. The number of hydrogen-bond acceptors (Lipinski definition) is 3. The van der Waals surface area contributed by atoms with Crippen LogP contribution < -0.4 is 4.74 Å². The maximum atomic E-state index is 13.2. The number of aliphatic carboxylic acids is 1. The van der Waals surface area contributed by atoms with Crippen LogP contribution in [-0.4, -0.2) is 20.9 Å². The molecule has 0 amide bonds. The van der Waals surface area contributed by atoms with E-state index in [0.29, 0.717) is 16.8 Å². The number of carboxylic acids is 1. The van der Waals surface area contributed by atoms with E-state index in [0.717, 1.165) is 32.2 Å². The predicted molar refractivity (Wildman–Crippen MR) is 81.0 cm³/mol. The quantitative estimate of drug-likeness (QED) is 0.601. The summed E-state index contributed by atoms with van der Waals surface area (Å²) in [6, 6.07) is 3.52. The Morgan fingerprint density at radius 1 is 1.19 bits per heavy atom. The van der Waals surface area contributed by atoms with Crippen LogP contribution in [0.1, 0.15) is 23.7 Å². The Hall–Kier alpha value is -2.98. The van der Waals surface area contributed by atoms with Gasteiger partial charge in [0.1, 0.15) is 5.75 Å². The fraction of sp³-hybridized carbons (Fsp3) is 0.250. The van der Waals surface area contributed by atoms with Crippen molar-refractivity contribution < 1.29 is 41.0 Å². The maximum absolute atomic E-state index is 13.2. The number of benzene rings is 1. The maximum Gasteiger partial charge on any atom is 0.435 e. The van der Waals surface area contributed by atoms with Gasteiger partial charge < -0.3 is 9.84 Å². The average molecular weight is 394 g/mol. The first-order chi connectivity index (χ1) is 12.3. The summed E-state index contributed by atoms with van der Waals surface area (Å²) in [5.41, 5.74) is -3.63. The van der Waals surface area contributed by atoms with Gasteiger partial charge in [-0.1, -0.05) is 6.07 Å². The van der Waals surface area contributed by atoms with E-state index >= 15 is 0 Å². The second-order valence-corrected chi connectivity index (χ2v) is 5.45. The Morgan fingerprint density at radius 2 is 1.81 bits per heavy atom. The van der Waals surface area contributed by atoms with Crippen molar-refractivity contribution in [2.75, 3.05) is 0 Å². The van der Waals surface area contributed by atoms with Gasteiger partial charge in [-0.25, -0.2) is 9.48 Å². The number of alkyl halides is 6. The van der Waals surface area contributed by atoms with Crippen molar-refractivity contribution in [3.63, 3.8) is 0 Å². The molecule has 5 nitrogen and oxygen atoms in total. The third-order valence-corrected chi connectivity index (χ3v) is 3.37. The number of carboxylic acid groups (broad SMARTS) is 1. The van der Waals surface area contributed by atoms with Crippen LogP contribution in [0.25, 0.3) is 6.08 Å². The molecule has 27 heavy (non-hydrogen) atoms. The largest absolute Gasteiger partial charge is 0.478 e. The zero-order chi connectivity index (χ0) is 20.6. The van der Waals surface area contributed by atoms with Crippen molar-refractivity contribution in [2.45, 2.75) is 19.3 Å². The van der Waals surface area contributed by atoms with E-state index in [1.54, 1.807) is 0 Å². The highest BCUT2D eigenvalue weighted by atomic mass is 19.4. The molecule has 2 rings (SSSR count). The van der Waals surface area contributed by atoms with Crippen molar-refractivity contribution >= 4 is 12.0 Å². The molecule has 0 spiro atoms. The number of aryl methyl sites for hydroxylation is 1. The first-order valence-electron chi connectivity index (χ1n) is 7.21. The molecule has 0 unspecified atom stereocenters. The molecule has 0 fully saturated rings. The second kappa shape index (κ2) is 6.97. The molecule has 1 N–H and O–H groups in total. The predicted octanol–water partition coefficient (Wildman–Crippen LogP) is 4.74. The van der Waals surface area contributed by atoms with Gasteiger partial charge >= 0.3 is 18.3 Å². The highest BCUT2D eigenvalue weighted by Gasteiger charge is 2.39. The zero-order valence-electron chi connectivity index (χ0n) is 13.8. The number of nitrogens with zero attached hydrogens (tertiary/aromatic N) is 2. The van der Waals surface area contributed by atoms with Crippen molar-refractivity contribution in [3.05, 3.63) is 46.7 Å². The number of halogens is 6. The van der Waals surface area contributed by atoms with Gasteiger partial charge in [0.2, 0.25) is 5.88 Å². The van der Waals surface area contributed by atoms with Crippen molar-refractivity contribution in [2.24, 2.45) is 7.05 Å². The van der Waals surface area contributed by atoms with Crippen molar-refractivity contribution in [1.29, 1.82) is 0 Å². The van der Waals surface area contributed by atoms with Gasteiger partial charge in [0.25, 0.3) is 0 Å². The van der Waals surface area contributed by atoms with Crippen LogP contribution in [-0.2, 0) is 24.2 Å². The lowest BCUT2D eigenvalue weighted by Gasteiger charge is -2.11. The molecular weight excluding hydrogens is 382 g/mol. The van der Waals surface area contributed by atoms with E-state index in [-0.39, 0.29) is 5.75 Å². The number of aromatic nitrogens is 2. The minimum Gasteiger partial charge on any atom is -0.478 e. The molecule has 0 saturated carbocycles. The Labute approximate surface area is 148 Å². The van der Waals surface area contributed by atoms with Gasteiger partial charge in [-0.05, 0) is 31.2 Å². The summed E-state index contributed by atoms with van der Waals surface area (Å²) >= 11 is 0. The summed E-state index contributed by atoms with van der Waals surface area (Å²) in [7, 11) is 1.09. The minimum absolute atomic E-state index is 0.385. The summed E-state index contributed by atoms with van der Waals surface area (Å²) in [4.78, 5) is 11.0. The summed E-state index contributed by atoms with van der Waals surface area (Å²) < 4.78 is 83.8. The van der Waals surface area contributed by atoms with E-state index in [1.807, 2.05) is 0 Å². The van der Waals surface area contributed by atoms with Crippen LogP contribution in [0.2, 0.25) is 0 Å². The molecule has 0 atom stereocenters. The fourth-order valence-corrected chi connectivity index (χ4v) is 2.11. The van der Waals surface area contributed by atoms with E-state index < -0.39 is 46.6 Å². The highest BCUT2D eigenvalue weighted by molar-refractivity contribution is 5.92. The fourth-order valence-electron chi connectivity index (χ4n) is 2.11. The lowest BCUT2D eigenvalue weighted by atomic mass is 10.1. The van der Waals surface area contributed by atoms with E-state index in [4.69, 9.17) is 9.84 Å². The number of hydrogen-bond donors (Lipinski definition) is 1. The summed E-state index contributed by atoms with van der Waals surface area (Å²) in [6.45, 7) is 1.06. The van der Waals surface area contributed by atoms with E-state index in [1.165, 1.54) is 0 Å². The van der Waals surface area contributed by atoms with Crippen molar-refractivity contribution in [1.82, 2.24) is 9.78 Å². The molecule has 0 saturated heterocycles. The molecule has 2 aromatic rings. The number of rotatable bonds is 4. The molecular formula is C16H12F6N2O3. The second-order valence-electron chi connectivity index (χ2n) is 5.45. The molecule has 11 heteroatoms. The van der Waals surface area contributed by atoms with E-state index in [9.17, 15) is 31.1 Å². The molecule has 0 aliphatic heterocycles. The molecule has 0 aliphatic rings. The molecule has 1 heterocycles. The first kappa shape index (κ1) is 20.3. The number of ether oxygens (including phenoxy) is 1. The standard InChI is InChI=1S/C16H12F6N2O3/c1-8(14(25)26)6-11-12(16(20,21)22)23-24(2)13(11)27-10-5-3-4-9(7-10)15(17,18)19/h3-7H,1-2H3,(H,25,26)/b8-6+. The Morgan fingerprint density at radius 3 is 2.33 bits per heavy atom. The summed E-state index contributed by atoms with van der Waals surface area (Å²) in [6.07, 6.45) is -8.91. The highest BCUT2D eigenvalue weighted by Crippen LogP contribution is 2.39. The summed E-state index contributed by atoms with van der Waals surface area (Å²) in [5, 5.41) is 12.2. The van der Waals surface area contributed by atoms with Crippen LogP contribution in [0.3, 0.4) is 0 Å². The monoisotopic (exact) mass is 394 g/mol. The smallest absolute Gasteiger partial charge is 0.435 e. The SMILES string of the molecule is C/C(=C\c1c(C(F)(F)F)nn(C)c1Oc1cccc(C(F)(F)F)c1)C(=O)O. The lowest BCUT2D eigenvalue weighted by molar-refractivity contribution is -0.141. The summed E-state index contributed by atoms with van der Waals surface area (Å²) in [5.74, 6) is -2.41. The molecule has 1 aromatic heterocycles. The normalized spacial score (nSPS) is 13.0. The van der Waals surface area contributed by atoms with Crippen molar-refractivity contribution in [3.8, 4) is 11.6 Å². The van der Waals surface area contributed by atoms with E-state index in [2.05, 4.69) is 5.10 Å². The molecule has 146 valence electrons. The minimum atomic E-state index is -4.93. The average Bonchev–Trinajstić information content (AvgIpc) is 2.83. The Balaban J connectivity index is 2.59. The van der Waals surface area contributed by atoms with Crippen LogP contribution in [0.15, 0.2) is 29.8 Å². The van der Waals surface area contributed by atoms with Gasteiger partial charge in [0.05, 0.1) is 11.1 Å². The van der Waals surface area contributed by atoms with Crippen LogP contribution in [0.5, 0.6) is 11.6 Å². The molecule has 0 radical (unpaired) electrons. The third-order valence-electron chi connectivity index (χ3n) is 3.37. The van der Waals surface area contributed by atoms with Gasteiger partial charge in [-0.2, -0.15) is 31.4 Å². The van der Waals surface area contributed by atoms with Crippen LogP contribution >= 0.6 is 0 Å². The van der Waals surface area contributed by atoms with Crippen LogP contribution in [0, 0.1) is 0 Å². The zero-order valence-corrected chi connectivity index (χ0v) is 13.8. The van der Waals surface area contributed by atoms with Gasteiger partial charge in [-0.3, -0.25) is 0 Å². The lowest BCUT2D eigenvalue weighted by Crippen LogP contribution is -2.08. The Kier molecular flexibility index (Phi) is 5.25. The van der Waals surface area contributed by atoms with Gasteiger partial charge in [0, 0.05) is 12.6 Å². The Bertz CT molecular complexity index is 897. The first-order valence-corrected chi connectivity index (χ1v) is 7.21.